The first-order valence-corrected chi connectivity index (χ1v) is 4.42. The van der Waals surface area contributed by atoms with E-state index in [9.17, 15) is 0 Å². The van der Waals surface area contributed by atoms with Gasteiger partial charge in [-0.1, -0.05) is 37.6 Å². The zero-order valence-electron chi connectivity index (χ0n) is 7.65. The fraction of sp³-hybridized carbons (Fsp3) is 0.636. The van der Waals surface area contributed by atoms with E-state index in [4.69, 9.17) is 0 Å². The molecule has 2 rings (SSSR count). The molecule has 0 amide bonds. The molecule has 0 fully saturated rings. The maximum atomic E-state index is 2.44. The van der Waals surface area contributed by atoms with Gasteiger partial charge >= 0.3 is 0 Å². The number of hydrogen-bond acceptors (Lipinski definition) is 0. The standard InChI is InChI=1S/C11H16/c1-9-7-10(2)5-4-6-11(10,3)8-9/h4-5,7H,6,8H2,1-3H3/t10-,11+/m0/s1. The fourth-order valence-electron chi connectivity index (χ4n) is 2.65. The SMILES string of the molecule is CC1=C[C@]2(C)C=CC[C@]2(C)C1. The summed E-state index contributed by atoms with van der Waals surface area (Å²) in [5.41, 5.74) is 2.45. The summed E-state index contributed by atoms with van der Waals surface area (Å²) in [5.74, 6) is 0. The summed E-state index contributed by atoms with van der Waals surface area (Å²) in [6.07, 6.45) is 9.71. The lowest BCUT2D eigenvalue weighted by molar-refractivity contribution is 0.217. The van der Waals surface area contributed by atoms with Crippen LogP contribution in [0.25, 0.3) is 0 Å². The van der Waals surface area contributed by atoms with Crippen molar-refractivity contribution >= 4 is 0 Å². The Morgan fingerprint density at radius 3 is 2.73 bits per heavy atom. The van der Waals surface area contributed by atoms with Gasteiger partial charge in [0, 0.05) is 5.41 Å². The summed E-state index contributed by atoms with van der Waals surface area (Å²) in [5, 5.41) is 0. The van der Waals surface area contributed by atoms with Crippen LogP contribution < -0.4 is 0 Å². The molecule has 11 heavy (non-hydrogen) atoms. The van der Waals surface area contributed by atoms with Crippen molar-refractivity contribution in [3.63, 3.8) is 0 Å². The lowest BCUT2D eigenvalue weighted by atomic mass is 9.70. The van der Waals surface area contributed by atoms with Gasteiger partial charge in [-0.2, -0.15) is 0 Å². The van der Waals surface area contributed by atoms with E-state index in [1.54, 1.807) is 5.57 Å². The quantitative estimate of drug-likeness (QED) is 0.462. The molecule has 0 unspecified atom stereocenters. The van der Waals surface area contributed by atoms with Crippen molar-refractivity contribution in [3.8, 4) is 0 Å². The molecule has 0 aromatic carbocycles. The summed E-state index contributed by atoms with van der Waals surface area (Å²) < 4.78 is 0. The van der Waals surface area contributed by atoms with Gasteiger partial charge in [0.1, 0.15) is 0 Å². The summed E-state index contributed by atoms with van der Waals surface area (Å²) in [7, 11) is 0. The lowest BCUT2D eigenvalue weighted by Gasteiger charge is -2.33. The van der Waals surface area contributed by atoms with E-state index in [-0.39, 0.29) is 0 Å². The highest BCUT2D eigenvalue weighted by molar-refractivity contribution is 5.32. The van der Waals surface area contributed by atoms with E-state index < -0.39 is 0 Å². The van der Waals surface area contributed by atoms with Gasteiger partial charge in [0.15, 0.2) is 0 Å². The van der Waals surface area contributed by atoms with Gasteiger partial charge in [0.05, 0.1) is 0 Å². The molecule has 0 aromatic rings. The highest BCUT2D eigenvalue weighted by Gasteiger charge is 2.47. The minimum absolute atomic E-state index is 0.372. The third-order valence-electron chi connectivity index (χ3n) is 3.55. The smallest absolute Gasteiger partial charge is 0.00949 e. The van der Waals surface area contributed by atoms with Crippen molar-refractivity contribution in [2.75, 3.05) is 0 Å². The van der Waals surface area contributed by atoms with Crippen LogP contribution in [-0.4, -0.2) is 0 Å². The first-order valence-electron chi connectivity index (χ1n) is 4.42. The van der Waals surface area contributed by atoms with Crippen molar-refractivity contribution in [2.24, 2.45) is 10.8 Å². The van der Waals surface area contributed by atoms with Crippen LogP contribution in [0.2, 0.25) is 0 Å². The highest BCUT2D eigenvalue weighted by Crippen LogP contribution is 2.57. The van der Waals surface area contributed by atoms with Gasteiger partial charge < -0.3 is 0 Å². The Morgan fingerprint density at radius 1 is 1.36 bits per heavy atom. The van der Waals surface area contributed by atoms with Crippen molar-refractivity contribution in [1.29, 1.82) is 0 Å². The molecule has 0 spiro atoms. The molecule has 0 saturated carbocycles. The molecule has 0 aliphatic heterocycles. The van der Waals surface area contributed by atoms with E-state index in [0.29, 0.717) is 10.8 Å². The topological polar surface area (TPSA) is 0 Å². The fourth-order valence-corrected chi connectivity index (χ4v) is 2.65. The Bertz CT molecular complexity index is 247. The van der Waals surface area contributed by atoms with Crippen molar-refractivity contribution in [3.05, 3.63) is 23.8 Å². The summed E-state index contributed by atoms with van der Waals surface area (Å²) in [4.78, 5) is 0. The molecule has 2 atom stereocenters. The van der Waals surface area contributed by atoms with Crippen molar-refractivity contribution in [1.82, 2.24) is 0 Å². The zero-order valence-corrected chi connectivity index (χ0v) is 7.65. The van der Waals surface area contributed by atoms with Crippen LogP contribution in [0.5, 0.6) is 0 Å². The summed E-state index contributed by atoms with van der Waals surface area (Å²) in [6, 6.07) is 0. The maximum Gasteiger partial charge on any atom is 0.00949 e. The lowest BCUT2D eigenvalue weighted by Crippen LogP contribution is -2.26. The van der Waals surface area contributed by atoms with Crippen LogP contribution >= 0.6 is 0 Å². The van der Waals surface area contributed by atoms with Gasteiger partial charge in [0.2, 0.25) is 0 Å². The van der Waals surface area contributed by atoms with Crippen LogP contribution in [0, 0.1) is 10.8 Å². The zero-order chi connectivity index (χ0) is 8.11. The third-order valence-corrected chi connectivity index (χ3v) is 3.55. The van der Waals surface area contributed by atoms with Crippen LogP contribution in [0.1, 0.15) is 33.6 Å². The number of hydrogen-bond donors (Lipinski definition) is 0. The van der Waals surface area contributed by atoms with E-state index in [2.05, 4.69) is 39.0 Å². The second-order valence-electron chi connectivity index (χ2n) is 4.62. The van der Waals surface area contributed by atoms with Crippen molar-refractivity contribution in [2.45, 2.75) is 33.6 Å². The minimum Gasteiger partial charge on any atom is -0.0871 e. The van der Waals surface area contributed by atoms with Crippen LogP contribution in [-0.2, 0) is 0 Å². The molecule has 2 aliphatic carbocycles. The monoisotopic (exact) mass is 148 g/mol. The molecular weight excluding hydrogens is 132 g/mol. The highest BCUT2D eigenvalue weighted by atomic mass is 14.5. The molecule has 0 bridgehead atoms. The molecule has 0 radical (unpaired) electrons. The van der Waals surface area contributed by atoms with Crippen LogP contribution in [0.3, 0.4) is 0 Å². The molecule has 0 nitrogen and oxygen atoms in total. The summed E-state index contributed by atoms with van der Waals surface area (Å²) in [6.45, 7) is 7.01. The Morgan fingerprint density at radius 2 is 2.09 bits per heavy atom. The Balaban J connectivity index is 2.44. The predicted octanol–water partition coefficient (Wildman–Crippen LogP) is 3.31. The molecule has 0 N–H and O–H groups in total. The number of allylic oxidation sites excluding steroid dienone is 4. The van der Waals surface area contributed by atoms with Gasteiger partial charge in [-0.15, -0.1) is 0 Å². The first kappa shape index (κ1) is 7.15. The molecule has 0 saturated heterocycles. The van der Waals surface area contributed by atoms with E-state index in [1.165, 1.54) is 12.8 Å². The normalized spacial score (nSPS) is 47.7. The van der Waals surface area contributed by atoms with E-state index in [0.717, 1.165) is 0 Å². The second kappa shape index (κ2) is 1.80. The largest absolute Gasteiger partial charge is 0.0871 e. The van der Waals surface area contributed by atoms with Crippen LogP contribution in [0.4, 0.5) is 0 Å². The van der Waals surface area contributed by atoms with Crippen molar-refractivity contribution < 1.29 is 0 Å². The molecule has 60 valence electrons. The van der Waals surface area contributed by atoms with Gasteiger partial charge in [-0.25, -0.2) is 0 Å². The molecule has 0 heterocycles. The molecule has 0 aromatic heterocycles. The van der Waals surface area contributed by atoms with E-state index >= 15 is 0 Å². The molecule has 0 heteroatoms. The number of rotatable bonds is 0. The van der Waals surface area contributed by atoms with Gasteiger partial charge in [-0.3, -0.25) is 0 Å². The minimum atomic E-state index is 0.372. The predicted molar refractivity (Wildman–Crippen MR) is 48.3 cm³/mol. The molecule has 2 aliphatic rings. The maximum absolute atomic E-state index is 2.44. The van der Waals surface area contributed by atoms with Gasteiger partial charge in [-0.05, 0) is 25.2 Å². The first-order chi connectivity index (χ1) is 5.06. The Kier molecular flexibility index (Phi) is 1.17. The van der Waals surface area contributed by atoms with E-state index in [1.807, 2.05) is 0 Å². The second-order valence-corrected chi connectivity index (χ2v) is 4.62. The summed E-state index contributed by atoms with van der Waals surface area (Å²) >= 11 is 0. The van der Waals surface area contributed by atoms with Gasteiger partial charge in [0.25, 0.3) is 0 Å². The molecular formula is C11H16. The average molecular weight is 148 g/mol. The Hall–Kier alpha value is -0.520. The third kappa shape index (κ3) is 0.756. The number of fused-ring (bicyclic) bond motifs is 1. The average Bonchev–Trinajstić information content (AvgIpc) is 2.16. The van der Waals surface area contributed by atoms with Crippen LogP contribution in [0.15, 0.2) is 23.8 Å². The Labute approximate surface area is 69.0 Å².